The van der Waals surface area contributed by atoms with Gasteiger partial charge >= 0.3 is 0 Å². The fraction of sp³-hybridized carbons (Fsp3) is 0.222. The smallest absolute Gasteiger partial charge is 0.275 e. The summed E-state index contributed by atoms with van der Waals surface area (Å²) in [5, 5.41) is 9.83. The van der Waals surface area contributed by atoms with Gasteiger partial charge in [-0.25, -0.2) is 8.42 Å². The first-order valence-electron chi connectivity index (χ1n) is 7.87. The summed E-state index contributed by atoms with van der Waals surface area (Å²) in [5.41, 5.74) is 0.0876. The molecule has 1 aliphatic rings. The lowest BCUT2D eigenvalue weighted by Crippen LogP contribution is -2.50. The van der Waals surface area contributed by atoms with E-state index in [4.69, 9.17) is 16.3 Å². The highest BCUT2D eigenvalue weighted by Gasteiger charge is 2.42. The van der Waals surface area contributed by atoms with E-state index in [2.05, 4.69) is 4.72 Å². The summed E-state index contributed by atoms with van der Waals surface area (Å²) >= 11 is 5.97. The number of rotatable bonds is 3. The maximum atomic E-state index is 13.0. The number of hydrogen-bond donors (Lipinski definition) is 1. The standard InChI is InChI=1S/C18H16ClN3O4S/c1-18(2)17(23)22(14-6-4-12(19)8-11(14)10-20)15-7-5-13(9-16(15)26-18)21-27(3,24)25/h4-9,21H,1-3H3. The van der Waals surface area contributed by atoms with Crippen molar-refractivity contribution in [1.29, 1.82) is 5.26 Å². The first-order chi connectivity index (χ1) is 12.5. The highest BCUT2D eigenvalue weighted by molar-refractivity contribution is 7.92. The van der Waals surface area contributed by atoms with Crippen molar-refractivity contribution in [3.63, 3.8) is 0 Å². The quantitative estimate of drug-likeness (QED) is 0.843. The number of carbonyl (C=O) groups excluding carboxylic acids is 1. The molecule has 2 aromatic rings. The van der Waals surface area contributed by atoms with Crippen LogP contribution in [-0.2, 0) is 14.8 Å². The molecule has 2 aromatic carbocycles. The molecule has 0 aliphatic carbocycles. The van der Waals surface area contributed by atoms with Crippen LogP contribution in [-0.4, -0.2) is 26.2 Å². The Morgan fingerprint density at radius 2 is 1.85 bits per heavy atom. The lowest BCUT2D eigenvalue weighted by molar-refractivity contribution is -0.131. The van der Waals surface area contributed by atoms with Crippen LogP contribution in [0.1, 0.15) is 19.4 Å². The van der Waals surface area contributed by atoms with Gasteiger partial charge in [0, 0.05) is 11.1 Å². The minimum absolute atomic E-state index is 0.234. The molecule has 0 spiro atoms. The Labute approximate surface area is 162 Å². The molecule has 0 bridgehead atoms. The number of benzene rings is 2. The zero-order valence-electron chi connectivity index (χ0n) is 14.8. The number of sulfonamides is 1. The summed E-state index contributed by atoms with van der Waals surface area (Å²) in [6.45, 7) is 3.20. The van der Waals surface area contributed by atoms with Crippen molar-refractivity contribution in [1.82, 2.24) is 0 Å². The molecule has 0 radical (unpaired) electrons. The van der Waals surface area contributed by atoms with E-state index in [1.807, 2.05) is 6.07 Å². The molecule has 9 heteroatoms. The Bertz CT molecular complexity index is 1090. The average Bonchev–Trinajstić information content (AvgIpc) is 2.55. The van der Waals surface area contributed by atoms with Crippen molar-refractivity contribution in [2.75, 3.05) is 15.9 Å². The SMILES string of the molecule is CC1(C)Oc2cc(NS(C)(=O)=O)ccc2N(c2ccc(Cl)cc2C#N)C1=O. The largest absolute Gasteiger partial charge is 0.476 e. The number of anilines is 3. The molecule has 1 aliphatic heterocycles. The van der Waals surface area contributed by atoms with Crippen molar-refractivity contribution in [2.24, 2.45) is 0 Å². The fourth-order valence-electron chi connectivity index (χ4n) is 2.79. The number of halogens is 1. The number of nitriles is 1. The Kier molecular flexibility index (Phi) is 4.54. The van der Waals surface area contributed by atoms with Gasteiger partial charge < -0.3 is 4.74 Å². The van der Waals surface area contributed by atoms with Gasteiger partial charge in [-0.15, -0.1) is 0 Å². The van der Waals surface area contributed by atoms with Gasteiger partial charge in [0.05, 0.1) is 28.9 Å². The number of fused-ring (bicyclic) bond motifs is 1. The number of amides is 1. The van der Waals surface area contributed by atoms with E-state index in [-0.39, 0.29) is 11.5 Å². The third-order valence-corrected chi connectivity index (χ3v) is 4.75. The third-order valence-electron chi connectivity index (χ3n) is 3.91. The van der Waals surface area contributed by atoms with Crippen molar-refractivity contribution in [3.8, 4) is 11.8 Å². The Morgan fingerprint density at radius 3 is 2.48 bits per heavy atom. The lowest BCUT2D eigenvalue weighted by Gasteiger charge is -2.39. The van der Waals surface area contributed by atoms with E-state index in [9.17, 15) is 18.5 Å². The molecular formula is C18H16ClN3O4S. The normalized spacial score (nSPS) is 15.5. The van der Waals surface area contributed by atoms with Crippen LogP contribution in [0.5, 0.6) is 5.75 Å². The highest BCUT2D eigenvalue weighted by atomic mass is 35.5. The minimum Gasteiger partial charge on any atom is -0.476 e. The van der Waals surface area contributed by atoms with Gasteiger partial charge in [0.1, 0.15) is 11.8 Å². The predicted molar refractivity (Wildman–Crippen MR) is 103 cm³/mol. The van der Waals surface area contributed by atoms with Crippen LogP contribution in [0, 0.1) is 11.3 Å². The molecular weight excluding hydrogens is 390 g/mol. The van der Waals surface area contributed by atoms with E-state index in [0.717, 1.165) is 6.26 Å². The van der Waals surface area contributed by atoms with E-state index in [0.29, 0.717) is 27.8 Å². The molecule has 1 amide bonds. The molecule has 0 atom stereocenters. The summed E-state index contributed by atoms with van der Waals surface area (Å²) in [4.78, 5) is 14.4. The van der Waals surface area contributed by atoms with Gasteiger partial charge in [-0.2, -0.15) is 5.26 Å². The predicted octanol–water partition coefficient (Wildman–Crippen LogP) is 3.42. The molecule has 1 heterocycles. The van der Waals surface area contributed by atoms with Gasteiger partial charge in [0.15, 0.2) is 5.60 Å². The maximum Gasteiger partial charge on any atom is 0.275 e. The Hall–Kier alpha value is -2.76. The summed E-state index contributed by atoms with van der Waals surface area (Å²) in [7, 11) is -3.47. The van der Waals surface area contributed by atoms with Gasteiger partial charge in [-0.1, -0.05) is 11.6 Å². The fourth-order valence-corrected chi connectivity index (χ4v) is 3.51. The first kappa shape index (κ1) is 19.0. The molecule has 0 aromatic heterocycles. The van der Waals surface area contributed by atoms with Crippen LogP contribution in [0.15, 0.2) is 36.4 Å². The van der Waals surface area contributed by atoms with Crippen LogP contribution in [0.2, 0.25) is 5.02 Å². The van der Waals surface area contributed by atoms with Crippen LogP contribution in [0.3, 0.4) is 0 Å². The first-order valence-corrected chi connectivity index (χ1v) is 10.1. The number of carbonyl (C=O) groups is 1. The van der Waals surface area contributed by atoms with E-state index >= 15 is 0 Å². The number of hydrogen-bond acceptors (Lipinski definition) is 5. The third kappa shape index (κ3) is 3.70. The summed E-state index contributed by atoms with van der Waals surface area (Å²) in [5.74, 6) is -0.0512. The van der Waals surface area contributed by atoms with E-state index in [1.54, 1.807) is 32.0 Å². The molecule has 140 valence electrons. The lowest BCUT2D eigenvalue weighted by atomic mass is 10.0. The van der Waals surface area contributed by atoms with Crippen molar-refractivity contribution < 1.29 is 17.9 Å². The van der Waals surface area contributed by atoms with Gasteiger partial charge in [0.25, 0.3) is 5.91 Å². The van der Waals surface area contributed by atoms with Crippen molar-refractivity contribution >= 4 is 44.6 Å². The molecule has 0 saturated heterocycles. The molecule has 27 heavy (non-hydrogen) atoms. The zero-order valence-corrected chi connectivity index (χ0v) is 16.4. The highest BCUT2D eigenvalue weighted by Crippen LogP contribution is 2.44. The van der Waals surface area contributed by atoms with Crippen LogP contribution < -0.4 is 14.4 Å². The van der Waals surface area contributed by atoms with E-state index in [1.165, 1.54) is 23.1 Å². The Balaban J connectivity index is 2.19. The van der Waals surface area contributed by atoms with Crippen molar-refractivity contribution in [3.05, 3.63) is 47.0 Å². The number of ether oxygens (including phenoxy) is 1. The zero-order chi connectivity index (χ0) is 20.0. The molecule has 0 unspecified atom stereocenters. The van der Waals surface area contributed by atoms with Crippen LogP contribution in [0.25, 0.3) is 0 Å². The average molecular weight is 406 g/mol. The second-order valence-corrected chi connectivity index (χ2v) is 8.77. The van der Waals surface area contributed by atoms with Gasteiger partial charge in [-0.3, -0.25) is 14.4 Å². The second kappa shape index (κ2) is 6.44. The van der Waals surface area contributed by atoms with E-state index < -0.39 is 15.6 Å². The van der Waals surface area contributed by atoms with Gasteiger partial charge in [0.2, 0.25) is 10.0 Å². The second-order valence-electron chi connectivity index (χ2n) is 6.58. The van der Waals surface area contributed by atoms with Crippen LogP contribution >= 0.6 is 11.6 Å². The minimum atomic E-state index is -3.47. The molecule has 7 nitrogen and oxygen atoms in total. The molecule has 1 N–H and O–H groups in total. The summed E-state index contributed by atoms with van der Waals surface area (Å²) in [6, 6.07) is 11.3. The summed E-state index contributed by atoms with van der Waals surface area (Å²) < 4.78 is 31.1. The maximum absolute atomic E-state index is 13.0. The molecule has 3 rings (SSSR count). The van der Waals surface area contributed by atoms with Gasteiger partial charge in [-0.05, 0) is 44.2 Å². The summed E-state index contributed by atoms with van der Waals surface area (Å²) in [6.07, 6.45) is 1.04. The topological polar surface area (TPSA) is 99.5 Å². The monoisotopic (exact) mass is 405 g/mol. The number of nitrogens with zero attached hydrogens (tertiary/aromatic N) is 2. The molecule has 0 saturated carbocycles. The number of nitrogens with one attached hydrogen (secondary N) is 1. The van der Waals surface area contributed by atoms with Crippen LogP contribution in [0.4, 0.5) is 17.1 Å². The Morgan fingerprint density at radius 1 is 1.19 bits per heavy atom. The van der Waals surface area contributed by atoms with Crippen molar-refractivity contribution in [2.45, 2.75) is 19.4 Å². The molecule has 0 fully saturated rings.